The number of hydrogen-bond acceptors (Lipinski definition) is 1. The monoisotopic (exact) mass is 335 g/mol. The van der Waals surface area contributed by atoms with E-state index in [-0.39, 0.29) is 11.9 Å². The average molecular weight is 336 g/mol. The van der Waals surface area contributed by atoms with E-state index in [1.807, 2.05) is 20.0 Å². The van der Waals surface area contributed by atoms with Gasteiger partial charge in [0.1, 0.15) is 5.82 Å². The molecule has 0 saturated carbocycles. The van der Waals surface area contributed by atoms with Gasteiger partial charge >= 0.3 is 0 Å². The lowest BCUT2D eigenvalue weighted by Crippen LogP contribution is -2.20. The largest absolute Gasteiger partial charge is 0.313 e. The van der Waals surface area contributed by atoms with E-state index in [0.29, 0.717) is 0 Å². The van der Waals surface area contributed by atoms with Crippen molar-refractivity contribution in [3.05, 3.63) is 68.9 Å². The first-order chi connectivity index (χ1) is 9.51. The lowest BCUT2D eigenvalue weighted by molar-refractivity contribution is 0.580. The topological polar surface area (TPSA) is 12.0 Å². The second kappa shape index (κ2) is 6.51. The molecule has 0 heterocycles. The van der Waals surface area contributed by atoms with Crippen LogP contribution in [0, 0.1) is 19.7 Å². The first kappa shape index (κ1) is 15.2. The molecule has 106 valence electrons. The van der Waals surface area contributed by atoms with Crippen LogP contribution < -0.4 is 5.32 Å². The molecule has 2 rings (SSSR count). The molecule has 2 aromatic carbocycles. The van der Waals surface area contributed by atoms with E-state index < -0.39 is 0 Å². The Hall–Kier alpha value is -1.19. The average Bonchev–Trinajstić information content (AvgIpc) is 2.40. The smallest absolute Gasteiger partial charge is 0.123 e. The third-order valence-corrected chi connectivity index (χ3v) is 4.30. The molecule has 0 aromatic heterocycles. The molecular weight excluding hydrogens is 317 g/mol. The van der Waals surface area contributed by atoms with Gasteiger partial charge in [-0.05, 0) is 67.8 Å². The predicted molar refractivity (Wildman–Crippen MR) is 85.5 cm³/mol. The van der Waals surface area contributed by atoms with E-state index in [2.05, 4.69) is 46.4 Å². The van der Waals surface area contributed by atoms with Crippen molar-refractivity contribution in [1.29, 1.82) is 0 Å². The molecule has 2 aromatic rings. The number of nitrogens with one attached hydrogen (secondary N) is 1. The van der Waals surface area contributed by atoms with Gasteiger partial charge in [-0.25, -0.2) is 4.39 Å². The highest BCUT2D eigenvalue weighted by molar-refractivity contribution is 9.10. The van der Waals surface area contributed by atoms with E-state index in [1.54, 1.807) is 6.07 Å². The summed E-state index contributed by atoms with van der Waals surface area (Å²) in [6.07, 6.45) is 0.766. The number of rotatable bonds is 4. The van der Waals surface area contributed by atoms with Crippen LogP contribution in [0.15, 0.2) is 40.9 Å². The molecule has 1 atom stereocenters. The zero-order valence-corrected chi connectivity index (χ0v) is 13.6. The Balaban J connectivity index is 2.31. The summed E-state index contributed by atoms with van der Waals surface area (Å²) >= 11 is 3.62. The molecule has 0 fully saturated rings. The zero-order valence-electron chi connectivity index (χ0n) is 12.0. The molecular formula is C17H19BrFN. The summed E-state index contributed by atoms with van der Waals surface area (Å²) in [4.78, 5) is 0. The van der Waals surface area contributed by atoms with Crippen molar-refractivity contribution in [1.82, 2.24) is 5.32 Å². The van der Waals surface area contributed by atoms with Crippen LogP contribution >= 0.6 is 15.9 Å². The van der Waals surface area contributed by atoms with Gasteiger partial charge in [-0.1, -0.05) is 34.1 Å². The maximum absolute atomic E-state index is 13.4. The number of aryl methyl sites for hydroxylation is 2. The Morgan fingerprint density at radius 3 is 2.55 bits per heavy atom. The van der Waals surface area contributed by atoms with Crippen molar-refractivity contribution >= 4 is 15.9 Å². The van der Waals surface area contributed by atoms with Gasteiger partial charge in [0.15, 0.2) is 0 Å². The highest BCUT2D eigenvalue weighted by Gasteiger charge is 2.15. The fourth-order valence-electron chi connectivity index (χ4n) is 2.36. The minimum absolute atomic E-state index is 0.158. The number of hydrogen-bond donors (Lipinski definition) is 1. The SMILES string of the molecule is CNC(Cc1cc(F)ccc1C)c1ccc(C)cc1Br. The molecule has 0 aliphatic rings. The Morgan fingerprint density at radius 2 is 1.90 bits per heavy atom. The van der Waals surface area contributed by atoms with Crippen LogP contribution in [0.1, 0.15) is 28.3 Å². The van der Waals surface area contributed by atoms with Crippen molar-refractivity contribution in [2.24, 2.45) is 0 Å². The van der Waals surface area contributed by atoms with Crippen LogP contribution in [-0.4, -0.2) is 7.05 Å². The van der Waals surface area contributed by atoms with Crippen LogP contribution in [0.2, 0.25) is 0 Å². The minimum atomic E-state index is -0.177. The molecule has 0 bridgehead atoms. The molecule has 0 aliphatic heterocycles. The Morgan fingerprint density at radius 1 is 1.15 bits per heavy atom. The van der Waals surface area contributed by atoms with Gasteiger partial charge in [0, 0.05) is 10.5 Å². The molecule has 0 radical (unpaired) electrons. The second-order valence-corrected chi connectivity index (χ2v) is 6.00. The van der Waals surface area contributed by atoms with Crippen LogP contribution in [0.4, 0.5) is 4.39 Å². The van der Waals surface area contributed by atoms with E-state index >= 15 is 0 Å². The summed E-state index contributed by atoms with van der Waals surface area (Å²) in [7, 11) is 1.94. The molecule has 1 N–H and O–H groups in total. The van der Waals surface area contributed by atoms with Gasteiger partial charge in [0.25, 0.3) is 0 Å². The van der Waals surface area contributed by atoms with Gasteiger partial charge in [0.2, 0.25) is 0 Å². The molecule has 0 saturated heterocycles. The highest BCUT2D eigenvalue weighted by atomic mass is 79.9. The summed E-state index contributed by atoms with van der Waals surface area (Å²) in [5.74, 6) is -0.177. The summed E-state index contributed by atoms with van der Waals surface area (Å²) in [6, 6.07) is 11.5. The lowest BCUT2D eigenvalue weighted by atomic mass is 9.95. The molecule has 0 amide bonds. The van der Waals surface area contributed by atoms with Crippen LogP contribution in [0.5, 0.6) is 0 Å². The zero-order chi connectivity index (χ0) is 14.7. The van der Waals surface area contributed by atoms with Crippen molar-refractivity contribution in [2.45, 2.75) is 26.3 Å². The summed E-state index contributed by atoms with van der Waals surface area (Å²) in [6.45, 7) is 4.09. The van der Waals surface area contributed by atoms with E-state index in [9.17, 15) is 4.39 Å². The number of benzene rings is 2. The van der Waals surface area contributed by atoms with E-state index in [4.69, 9.17) is 0 Å². The second-order valence-electron chi connectivity index (χ2n) is 5.14. The first-order valence-corrected chi connectivity index (χ1v) is 7.49. The molecule has 3 heteroatoms. The van der Waals surface area contributed by atoms with Gasteiger partial charge in [-0.3, -0.25) is 0 Å². The first-order valence-electron chi connectivity index (χ1n) is 6.69. The third kappa shape index (κ3) is 3.47. The predicted octanol–water partition coefficient (Wildman–Crippen LogP) is 4.71. The standard InChI is InChI=1S/C17H19BrFN/c1-11-4-7-15(16(18)8-11)17(20-3)10-13-9-14(19)6-5-12(13)2/h4-9,17,20H,10H2,1-3H3. The number of halogens is 2. The number of likely N-dealkylation sites (N-methyl/N-ethyl adjacent to an activating group) is 1. The van der Waals surface area contributed by atoms with Crippen molar-refractivity contribution in [3.8, 4) is 0 Å². The van der Waals surface area contributed by atoms with Gasteiger partial charge in [-0.15, -0.1) is 0 Å². The molecule has 1 nitrogen and oxygen atoms in total. The minimum Gasteiger partial charge on any atom is -0.313 e. The normalized spacial score (nSPS) is 12.4. The van der Waals surface area contributed by atoms with Crippen LogP contribution in [-0.2, 0) is 6.42 Å². The Kier molecular flexibility index (Phi) is 4.95. The summed E-state index contributed by atoms with van der Waals surface area (Å²) in [5, 5.41) is 3.32. The van der Waals surface area contributed by atoms with E-state index in [1.165, 1.54) is 17.2 Å². The van der Waals surface area contributed by atoms with E-state index in [0.717, 1.165) is 22.0 Å². The molecule has 1 unspecified atom stereocenters. The van der Waals surface area contributed by atoms with Crippen LogP contribution in [0.3, 0.4) is 0 Å². The fourth-order valence-corrected chi connectivity index (χ4v) is 3.13. The van der Waals surface area contributed by atoms with Crippen LogP contribution in [0.25, 0.3) is 0 Å². The lowest BCUT2D eigenvalue weighted by Gasteiger charge is -2.20. The van der Waals surface area contributed by atoms with Crippen molar-refractivity contribution < 1.29 is 4.39 Å². The highest BCUT2D eigenvalue weighted by Crippen LogP contribution is 2.28. The van der Waals surface area contributed by atoms with Gasteiger partial charge in [0.05, 0.1) is 0 Å². The molecule has 20 heavy (non-hydrogen) atoms. The maximum Gasteiger partial charge on any atom is 0.123 e. The fraction of sp³-hybridized carbons (Fsp3) is 0.294. The Labute approximate surface area is 128 Å². The van der Waals surface area contributed by atoms with Crippen molar-refractivity contribution in [2.75, 3.05) is 7.05 Å². The van der Waals surface area contributed by atoms with Crippen molar-refractivity contribution in [3.63, 3.8) is 0 Å². The molecule has 0 spiro atoms. The maximum atomic E-state index is 13.4. The van der Waals surface area contributed by atoms with Gasteiger partial charge in [-0.2, -0.15) is 0 Å². The van der Waals surface area contributed by atoms with Gasteiger partial charge < -0.3 is 5.32 Å². The summed E-state index contributed by atoms with van der Waals surface area (Å²) < 4.78 is 14.5. The molecule has 0 aliphatic carbocycles. The summed E-state index contributed by atoms with van der Waals surface area (Å²) in [5.41, 5.74) is 4.57. The quantitative estimate of drug-likeness (QED) is 0.853. The Bertz CT molecular complexity index is 610. The third-order valence-electron chi connectivity index (χ3n) is 3.62.